The zero-order valence-corrected chi connectivity index (χ0v) is 19.4. The van der Waals surface area contributed by atoms with E-state index >= 15 is 0 Å². The van der Waals surface area contributed by atoms with Gasteiger partial charge in [-0.05, 0) is 66.9 Å². The van der Waals surface area contributed by atoms with Gasteiger partial charge in [0.25, 0.3) is 11.8 Å². The Labute approximate surface area is 203 Å². The van der Waals surface area contributed by atoms with Crippen molar-refractivity contribution in [2.24, 2.45) is 0 Å². The smallest absolute Gasteiger partial charge is 0.296 e. The third-order valence-corrected chi connectivity index (χ3v) is 6.07. The van der Waals surface area contributed by atoms with Crippen molar-refractivity contribution in [1.82, 2.24) is 19.9 Å². The molecule has 35 heavy (non-hydrogen) atoms. The lowest BCUT2D eigenvalue weighted by atomic mass is 9.89. The number of hydrogen-bond donors (Lipinski definition) is 3. The quantitative estimate of drug-likeness (QED) is 0.363. The number of halogens is 4. The first-order valence-corrected chi connectivity index (χ1v) is 10.8. The van der Waals surface area contributed by atoms with Crippen molar-refractivity contribution < 1.29 is 23.1 Å². The summed E-state index contributed by atoms with van der Waals surface area (Å²) in [7, 11) is 0. The molecule has 11 heteroatoms. The van der Waals surface area contributed by atoms with Crippen LogP contribution in [0.15, 0.2) is 54.7 Å². The molecule has 0 aliphatic heterocycles. The third kappa shape index (κ3) is 4.67. The number of fused-ring (bicyclic) bond motifs is 1. The van der Waals surface area contributed by atoms with E-state index in [9.17, 15) is 23.1 Å². The number of aromatic nitrogens is 3. The van der Waals surface area contributed by atoms with E-state index in [1.807, 2.05) is 0 Å². The lowest BCUT2D eigenvalue weighted by Gasteiger charge is -2.33. The third-order valence-electron chi connectivity index (χ3n) is 5.81. The molecular weight excluding hydrogens is 483 g/mol. The predicted octanol–water partition coefficient (Wildman–Crippen LogP) is 4.35. The highest BCUT2D eigenvalue weighted by Crippen LogP contribution is 2.37. The molecule has 7 nitrogen and oxygen atoms in total. The first kappa shape index (κ1) is 24.5. The molecule has 4 rings (SSSR count). The van der Waals surface area contributed by atoms with Crippen LogP contribution in [0.2, 0.25) is 5.02 Å². The summed E-state index contributed by atoms with van der Waals surface area (Å²) in [6.45, 7) is 1.29. The maximum absolute atomic E-state index is 14.9. The van der Waals surface area contributed by atoms with Crippen molar-refractivity contribution in [3.05, 3.63) is 82.3 Å². The maximum Gasteiger partial charge on any atom is 0.296 e. The first-order chi connectivity index (χ1) is 16.4. The van der Waals surface area contributed by atoms with Crippen LogP contribution in [0.25, 0.3) is 16.8 Å². The number of nitrogens with one attached hydrogen (secondary N) is 1. The molecule has 0 unspecified atom stereocenters. The molecule has 0 spiro atoms. The summed E-state index contributed by atoms with van der Waals surface area (Å²) in [5.41, 5.74) is 4.03. The Kier molecular flexibility index (Phi) is 6.20. The number of nitrogens with zero attached hydrogens (tertiary/aromatic N) is 3. The summed E-state index contributed by atoms with van der Waals surface area (Å²) >= 11 is 5.79. The van der Waals surface area contributed by atoms with Crippen LogP contribution in [0.1, 0.15) is 28.4 Å². The maximum atomic E-state index is 14.9. The van der Waals surface area contributed by atoms with Crippen molar-refractivity contribution in [1.29, 1.82) is 0 Å². The van der Waals surface area contributed by atoms with Crippen LogP contribution in [-0.2, 0) is 5.60 Å². The summed E-state index contributed by atoms with van der Waals surface area (Å²) in [6.07, 6.45) is 1.53. The minimum absolute atomic E-state index is 0.00388. The van der Waals surface area contributed by atoms with E-state index < -0.39 is 29.8 Å². The molecule has 1 atom stereocenters. The second kappa shape index (κ2) is 8.86. The first-order valence-electron chi connectivity index (χ1n) is 10.5. The fraction of sp³-hybridized carbons (Fsp3) is 0.208. The monoisotopic (exact) mass is 503 g/mol. The minimum atomic E-state index is -3.73. The zero-order valence-electron chi connectivity index (χ0n) is 18.7. The molecule has 2 aromatic carbocycles. The van der Waals surface area contributed by atoms with Gasteiger partial charge in [0.15, 0.2) is 11.2 Å². The van der Waals surface area contributed by atoms with E-state index in [1.165, 1.54) is 54.0 Å². The molecule has 1 amide bonds. The number of pyridine rings is 1. The van der Waals surface area contributed by atoms with Gasteiger partial charge in [-0.2, -0.15) is 4.98 Å². The van der Waals surface area contributed by atoms with E-state index in [0.717, 1.165) is 13.0 Å². The molecule has 0 fully saturated rings. The number of amides is 1. The zero-order chi connectivity index (χ0) is 25.5. The number of carbonyl (C=O) groups is 1. The van der Waals surface area contributed by atoms with Crippen LogP contribution in [0.4, 0.5) is 19.1 Å². The number of carbonyl (C=O) groups excluding carboxylic acids is 1. The van der Waals surface area contributed by atoms with Gasteiger partial charge in [-0.1, -0.05) is 23.7 Å². The van der Waals surface area contributed by atoms with Gasteiger partial charge in [0.2, 0.25) is 5.95 Å². The topological polar surface area (TPSA) is 106 Å². The molecule has 4 aromatic rings. The van der Waals surface area contributed by atoms with Gasteiger partial charge >= 0.3 is 0 Å². The van der Waals surface area contributed by atoms with Crippen LogP contribution in [0.3, 0.4) is 0 Å². The number of benzene rings is 2. The molecule has 0 aliphatic rings. The number of anilines is 1. The lowest BCUT2D eigenvalue weighted by molar-refractivity contribution is -0.173. The summed E-state index contributed by atoms with van der Waals surface area (Å²) < 4.78 is 46.1. The lowest BCUT2D eigenvalue weighted by Crippen LogP contribution is -2.50. The highest BCUT2D eigenvalue weighted by molar-refractivity contribution is 6.30. The summed E-state index contributed by atoms with van der Waals surface area (Å²) in [5.74, 6) is -5.14. The van der Waals surface area contributed by atoms with Gasteiger partial charge in [0.1, 0.15) is 5.82 Å². The summed E-state index contributed by atoms with van der Waals surface area (Å²) in [5, 5.41) is 17.0. The Morgan fingerprint density at radius 1 is 1.20 bits per heavy atom. The van der Waals surface area contributed by atoms with Gasteiger partial charge in [0, 0.05) is 22.3 Å². The SMILES string of the molecule is Cc1cc(F)c(-c2ccn3nc(N)nc3c2)cc1C(=O)NCC(F)(F)[C@@](C)(O)c1ccc(Cl)cc1. The van der Waals surface area contributed by atoms with Crippen molar-refractivity contribution in [2.45, 2.75) is 25.4 Å². The second-order valence-corrected chi connectivity index (χ2v) is 8.74. The molecule has 2 heterocycles. The molecule has 0 saturated heterocycles. The van der Waals surface area contributed by atoms with Gasteiger partial charge in [0.05, 0.1) is 6.54 Å². The molecular formula is C24H21ClF3N5O2. The molecule has 2 aromatic heterocycles. The Balaban J connectivity index is 1.59. The van der Waals surface area contributed by atoms with Crippen LogP contribution in [-0.4, -0.2) is 38.1 Å². The highest BCUT2D eigenvalue weighted by Gasteiger charge is 2.50. The highest BCUT2D eigenvalue weighted by atomic mass is 35.5. The molecule has 182 valence electrons. The minimum Gasteiger partial charge on any atom is -0.379 e. The average molecular weight is 504 g/mol. The fourth-order valence-corrected chi connectivity index (χ4v) is 3.78. The van der Waals surface area contributed by atoms with E-state index in [0.29, 0.717) is 16.2 Å². The number of aryl methyl sites for hydroxylation is 1. The number of hydrogen-bond acceptors (Lipinski definition) is 5. The predicted molar refractivity (Wildman–Crippen MR) is 126 cm³/mol. The Hall–Kier alpha value is -3.63. The van der Waals surface area contributed by atoms with Crippen LogP contribution in [0.5, 0.6) is 0 Å². The number of nitrogen functional groups attached to an aromatic ring is 1. The van der Waals surface area contributed by atoms with Crippen LogP contribution < -0.4 is 11.1 Å². The molecule has 0 saturated carbocycles. The van der Waals surface area contributed by atoms with E-state index in [1.54, 1.807) is 6.07 Å². The summed E-state index contributed by atoms with van der Waals surface area (Å²) in [4.78, 5) is 16.8. The van der Waals surface area contributed by atoms with Crippen molar-refractivity contribution in [3.8, 4) is 11.1 Å². The number of alkyl halides is 2. The van der Waals surface area contributed by atoms with Crippen molar-refractivity contribution >= 4 is 29.1 Å². The van der Waals surface area contributed by atoms with E-state index in [-0.39, 0.29) is 28.2 Å². The van der Waals surface area contributed by atoms with Gasteiger partial charge in [-0.15, -0.1) is 5.10 Å². The van der Waals surface area contributed by atoms with E-state index in [2.05, 4.69) is 15.4 Å². The van der Waals surface area contributed by atoms with Gasteiger partial charge in [-0.25, -0.2) is 17.7 Å². The second-order valence-electron chi connectivity index (χ2n) is 8.30. The molecule has 0 bridgehead atoms. The van der Waals surface area contributed by atoms with E-state index in [4.69, 9.17) is 17.3 Å². The Morgan fingerprint density at radius 2 is 1.89 bits per heavy atom. The van der Waals surface area contributed by atoms with Crippen LogP contribution >= 0.6 is 11.6 Å². The standard InChI is InChI=1S/C24H21ClF3N5O2/c1-13-9-19(26)18(14-7-8-33-20(10-14)31-22(29)32-33)11-17(13)21(34)30-12-24(27,28)23(2,35)15-3-5-16(25)6-4-15/h3-11,35H,12H2,1-2H3,(H2,29,32)(H,30,34)/t23-/m0/s1. The van der Waals surface area contributed by atoms with Crippen LogP contribution in [0, 0.1) is 12.7 Å². The van der Waals surface area contributed by atoms with Crippen molar-refractivity contribution in [3.63, 3.8) is 0 Å². The average Bonchev–Trinajstić information content (AvgIpc) is 3.17. The fourth-order valence-electron chi connectivity index (χ4n) is 3.65. The number of aliphatic hydroxyl groups is 1. The van der Waals surface area contributed by atoms with Gasteiger partial charge < -0.3 is 16.2 Å². The number of rotatable bonds is 6. The largest absolute Gasteiger partial charge is 0.379 e. The summed E-state index contributed by atoms with van der Waals surface area (Å²) in [6, 6.07) is 10.9. The van der Waals surface area contributed by atoms with Crippen molar-refractivity contribution in [2.75, 3.05) is 12.3 Å². The molecule has 0 aliphatic carbocycles. The molecule has 0 radical (unpaired) electrons. The number of nitrogens with two attached hydrogens (primary N) is 1. The Bertz CT molecular complexity index is 1420. The van der Waals surface area contributed by atoms with Gasteiger partial charge in [-0.3, -0.25) is 4.79 Å². The molecule has 4 N–H and O–H groups in total. The normalized spacial score (nSPS) is 13.6. The Morgan fingerprint density at radius 3 is 2.57 bits per heavy atom.